The highest BCUT2D eigenvalue weighted by atomic mass is 16.2. The number of hydrogen-bond donors (Lipinski definition) is 1. The van der Waals surface area contributed by atoms with Crippen molar-refractivity contribution in [2.24, 2.45) is 5.41 Å². The Morgan fingerprint density at radius 2 is 2.11 bits per heavy atom. The van der Waals surface area contributed by atoms with Gasteiger partial charge in [0.2, 0.25) is 5.91 Å². The minimum atomic E-state index is -0.819. The first-order valence-electron chi connectivity index (χ1n) is 7.02. The van der Waals surface area contributed by atoms with Gasteiger partial charge in [0, 0.05) is 5.69 Å². The molecule has 1 aliphatic carbocycles. The number of nitrogens with one attached hydrogen (secondary N) is 1. The predicted molar refractivity (Wildman–Crippen MR) is 75.6 cm³/mol. The van der Waals surface area contributed by atoms with Crippen LogP contribution in [0.25, 0.3) is 0 Å². The Bertz CT molecular complexity index is 496. The van der Waals surface area contributed by atoms with Crippen LogP contribution >= 0.6 is 0 Å². The first-order chi connectivity index (χ1) is 9.20. The molecular weight excluding hydrogens is 236 g/mol. The lowest BCUT2D eigenvalue weighted by atomic mass is 9.74. The number of nitrogens with zero attached hydrogens (tertiary/aromatic N) is 1. The van der Waals surface area contributed by atoms with Gasteiger partial charge in [0.1, 0.15) is 5.41 Å². The SMILES string of the molecule is CCc1cccc(NC(=O)C2(C#N)CCCCC2)c1. The van der Waals surface area contributed by atoms with Crippen LogP contribution in [0.4, 0.5) is 5.69 Å². The molecule has 0 aromatic heterocycles. The Balaban J connectivity index is 2.13. The van der Waals surface area contributed by atoms with Gasteiger partial charge >= 0.3 is 0 Å². The summed E-state index contributed by atoms with van der Waals surface area (Å²) in [5.41, 5.74) is 1.16. The molecule has 1 aromatic rings. The van der Waals surface area contributed by atoms with Crippen molar-refractivity contribution in [2.45, 2.75) is 45.4 Å². The normalized spacial score (nSPS) is 17.5. The summed E-state index contributed by atoms with van der Waals surface area (Å²) in [7, 11) is 0. The molecule has 0 bridgehead atoms. The fourth-order valence-corrected chi connectivity index (χ4v) is 2.66. The minimum Gasteiger partial charge on any atom is -0.325 e. The van der Waals surface area contributed by atoms with E-state index in [1.54, 1.807) is 0 Å². The summed E-state index contributed by atoms with van der Waals surface area (Å²) in [6.45, 7) is 2.08. The monoisotopic (exact) mass is 256 g/mol. The summed E-state index contributed by atoms with van der Waals surface area (Å²) < 4.78 is 0. The number of amides is 1. The molecule has 0 radical (unpaired) electrons. The Morgan fingerprint density at radius 3 is 2.74 bits per heavy atom. The van der Waals surface area contributed by atoms with Gasteiger partial charge in [-0.05, 0) is 37.0 Å². The molecule has 1 fully saturated rings. The van der Waals surface area contributed by atoms with E-state index in [1.165, 1.54) is 5.56 Å². The molecule has 1 aliphatic rings. The molecule has 0 atom stereocenters. The number of aryl methyl sites for hydroxylation is 1. The maximum absolute atomic E-state index is 12.4. The van der Waals surface area contributed by atoms with Gasteiger partial charge in [-0.1, -0.05) is 38.3 Å². The number of anilines is 1. The van der Waals surface area contributed by atoms with Crippen molar-refractivity contribution in [3.63, 3.8) is 0 Å². The van der Waals surface area contributed by atoms with Crippen LogP contribution in [0.3, 0.4) is 0 Å². The molecular formula is C16H20N2O. The number of carbonyl (C=O) groups excluding carboxylic acids is 1. The first kappa shape index (κ1) is 13.6. The number of hydrogen-bond acceptors (Lipinski definition) is 2. The minimum absolute atomic E-state index is 0.136. The van der Waals surface area contributed by atoms with Crippen molar-refractivity contribution < 1.29 is 4.79 Å². The summed E-state index contributed by atoms with van der Waals surface area (Å²) in [6, 6.07) is 10.1. The summed E-state index contributed by atoms with van der Waals surface area (Å²) >= 11 is 0. The van der Waals surface area contributed by atoms with Gasteiger partial charge in [0.05, 0.1) is 6.07 Å². The van der Waals surface area contributed by atoms with Crippen LogP contribution in [0, 0.1) is 16.7 Å². The topological polar surface area (TPSA) is 52.9 Å². The van der Waals surface area contributed by atoms with Gasteiger partial charge < -0.3 is 5.32 Å². The predicted octanol–water partition coefficient (Wildman–Crippen LogP) is 3.66. The first-order valence-corrected chi connectivity index (χ1v) is 7.02. The number of nitriles is 1. The quantitative estimate of drug-likeness (QED) is 0.897. The Labute approximate surface area is 114 Å². The van der Waals surface area contributed by atoms with Crippen LogP contribution in [0.2, 0.25) is 0 Å². The third-order valence-electron chi connectivity index (χ3n) is 3.95. The average molecular weight is 256 g/mol. The Kier molecular flexibility index (Phi) is 4.21. The molecule has 0 unspecified atom stereocenters. The highest BCUT2D eigenvalue weighted by Crippen LogP contribution is 2.36. The third kappa shape index (κ3) is 2.96. The van der Waals surface area contributed by atoms with Crippen molar-refractivity contribution in [2.75, 3.05) is 5.32 Å². The zero-order chi connectivity index (χ0) is 13.7. The molecule has 2 rings (SSSR count). The number of carbonyl (C=O) groups is 1. The highest BCUT2D eigenvalue weighted by molar-refractivity contribution is 5.97. The van der Waals surface area contributed by atoms with Crippen LogP contribution < -0.4 is 5.32 Å². The second-order valence-corrected chi connectivity index (χ2v) is 5.26. The fraction of sp³-hybridized carbons (Fsp3) is 0.500. The molecule has 1 aromatic carbocycles. The van der Waals surface area contributed by atoms with Gasteiger partial charge in [-0.2, -0.15) is 5.26 Å². The van der Waals surface area contributed by atoms with Crippen LogP contribution in [-0.2, 0) is 11.2 Å². The molecule has 1 N–H and O–H groups in total. The third-order valence-corrected chi connectivity index (χ3v) is 3.95. The molecule has 1 saturated carbocycles. The summed E-state index contributed by atoms with van der Waals surface area (Å²) in [5.74, 6) is -0.136. The largest absolute Gasteiger partial charge is 0.325 e. The molecule has 1 amide bonds. The molecule has 0 aliphatic heterocycles. The summed E-state index contributed by atoms with van der Waals surface area (Å²) in [4.78, 5) is 12.4. The van der Waals surface area contributed by atoms with E-state index in [0.717, 1.165) is 31.4 Å². The van der Waals surface area contributed by atoms with E-state index in [9.17, 15) is 10.1 Å². The van der Waals surface area contributed by atoms with E-state index in [-0.39, 0.29) is 5.91 Å². The van der Waals surface area contributed by atoms with Gasteiger partial charge in [-0.15, -0.1) is 0 Å². The van der Waals surface area contributed by atoms with Gasteiger partial charge in [-0.25, -0.2) is 0 Å². The van der Waals surface area contributed by atoms with E-state index >= 15 is 0 Å². The molecule has 3 heteroatoms. The molecule has 0 heterocycles. The lowest BCUT2D eigenvalue weighted by Crippen LogP contribution is -2.36. The lowest BCUT2D eigenvalue weighted by Gasteiger charge is -2.29. The van der Waals surface area contributed by atoms with E-state index < -0.39 is 5.41 Å². The van der Waals surface area contributed by atoms with Crippen LogP contribution in [0.5, 0.6) is 0 Å². The van der Waals surface area contributed by atoms with Gasteiger partial charge in [-0.3, -0.25) is 4.79 Å². The van der Waals surface area contributed by atoms with Crippen molar-refractivity contribution in [3.05, 3.63) is 29.8 Å². The highest BCUT2D eigenvalue weighted by Gasteiger charge is 2.39. The maximum Gasteiger partial charge on any atom is 0.244 e. The van der Waals surface area contributed by atoms with Crippen LogP contribution in [0.15, 0.2) is 24.3 Å². The van der Waals surface area contributed by atoms with Crippen molar-refractivity contribution in [3.8, 4) is 6.07 Å². The van der Waals surface area contributed by atoms with Gasteiger partial charge in [0.15, 0.2) is 0 Å². The second-order valence-electron chi connectivity index (χ2n) is 5.26. The summed E-state index contributed by atoms with van der Waals surface area (Å²) in [5, 5.41) is 12.3. The fourth-order valence-electron chi connectivity index (χ4n) is 2.66. The molecule has 19 heavy (non-hydrogen) atoms. The number of rotatable bonds is 3. The van der Waals surface area contributed by atoms with Crippen molar-refractivity contribution in [1.82, 2.24) is 0 Å². The van der Waals surface area contributed by atoms with Crippen molar-refractivity contribution in [1.29, 1.82) is 5.26 Å². The van der Waals surface area contributed by atoms with Gasteiger partial charge in [0.25, 0.3) is 0 Å². The van der Waals surface area contributed by atoms with E-state index in [0.29, 0.717) is 12.8 Å². The zero-order valence-corrected chi connectivity index (χ0v) is 11.4. The molecule has 100 valence electrons. The molecule has 0 spiro atoms. The average Bonchev–Trinajstić information content (AvgIpc) is 2.48. The Morgan fingerprint density at radius 1 is 1.37 bits per heavy atom. The molecule has 0 saturated heterocycles. The summed E-state index contributed by atoms with van der Waals surface area (Å²) in [6.07, 6.45) is 5.37. The van der Waals surface area contributed by atoms with E-state index in [2.05, 4.69) is 18.3 Å². The van der Waals surface area contributed by atoms with Crippen LogP contribution in [-0.4, -0.2) is 5.91 Å². The van der Waals surface area contributed by atoms with Crippen LogP contribution in [0.1, 0.15) is 44.6 Å². The smallest absolute Gasteiger partial charge is 0.244 e. The zero-order valence-electron chi connectivity index (χ0n) is 11.4. The second kappa shape index (κ2) is 5.88. The molecule has 3 nitrogen and oxygen atoms in total. The van der Waals surface area contributed by atoms with E-state index in [4.69, 9.17) is 0 Å². The lowest BCUT2D eigenvalue weighted by molar-refractivity contribution is -0.124. The van der Waals surface area contributed by atoms with E-state index in [1.807, 2.05) is 24.3 Å². The number of benzene rings is 1. The maximum atomic E-state index is 12.4. The van der Waals surface area contributed by atoms with Crippen molar-refractivity contribution >= 4 is 11.6 Å². The Hall–Kier alpha value is -1.82. The standard InChI is InChI=1S/C16H20N2O/c1-2-13-7-6-8-14(11-13)18-15(19)16(12-17)9-4-3-5-10-16/h6-8,11H,2-5,9-10H2,1H3,(H,18,19).